The Morgan fingerprint density at radius 3 is 2.21 bits per heavy atom. The second kappa shape index (κ2) is 10.4. The Balaban J connectivity index is 2.40. The van der Waals surface area contributed by atoms with Crippen molar-refractivity contribution in [3.8, 4) is 0 Å². The van der Waals surface area contributed by atoms with E-state index in [1.807, 2.05) is 0 Å². The van der Waals surface area contributed by atoms with Crippen molar-refractivity contribution >= 4 is 15.9 Å². The molecule has 0 saturated carbocycles. The van der Waals surface area contributed by atoms with Gasteiger partial charge in [0.25, 0.3) is 5.91 Å². The SMILES string of the molecule is CCCCN(CCC)CCCNC(=O)c1ccc(S(N)(=O)=O)cc1. The third-order valence-corrected chi connectivity index (χ3v) is 4.68. The summed E-state index contributed by atoms with van der Waals surface area (Å²) in [6.45, 7) is 8.12. The van der Waals surface area contributed by atoms with Crippen LogP contribution in [0.5, 0.6) is 0 Å². The van der Waals surface area contributed by atoms with E-state index in [0.29, 0.717) is 12.1 Å². The van der Waals surface area contributed by atoms with Gasteiger partial charge in [-0.25, -0.2) is 13.6 Å². The summed E-state index contributed by atoms with van der Waals surface area (Å²) in [5, 5.41) is 7.90. The summed E-state index contributed by atoms with van der Waals surface area (Å²) in [5.74, 6) is -0.202. The minimum atomic E-state index is -3.73. The molecule has 0 aliphatic rings. The van der Waals surface area contributed by atoms with Gasteiger partial charge in [-0.1, -0.05) is 20.3 Å². The molecule has 0 aliphatic heterocycles. The van der Waals surface area contributed by atoms with Gasteiger partial charge in [-0.2, -0.15) is 0 Å². The number of hydrogen-bond acceptors (Lipinski definition) is 4. The lowest BCUT2D eigenvalue weighted by molar-refractivity contribution is 0.0951. The Morgan fingerprint density at radius 2 is 1.67 bits per heavy atom. The summed E-state index contributed by atoms with van der Waals surface area (Å²) >= 11 is 0. The number of carbonyl (C=O) groups is 1. The molecule has 0 bridgehead atoms. The van der Waals surface area contributed by atoms with Crippen LogP contribution in [0.4, 0.5) is 0 Å². The number of primary sulfonamides is 1. The number of amides is 1. The number of rotatable bonds is 11. The Morgan fingerprint density at radius 1 is 1.04 bits per heavy atom. The molecule has 0 heterocycles. The van der Waals surface area contributed by atoms with Gasteiger partial charge in [0.15, 0.2) is 0 Å². The Kier molecular flexibility index (Phi) is 8.95. The standard InChI is InChI=1S/C17H29N3O3S/c1-3-5-13-20(12-4-2)14-6-11-19-17(21)15-7-9-16(10-8-15)24(18,22)23/h7-10H,3-6,11-14H2,1-2H3,(H,19,21)(H2,18,22,23). The second-order valence-electron chi connectivity index (χ2n) is 5.87. The van der Waals surface area contributed by atoms with Crippen molar-refractivity contribution in [2.45, 2.75) is 44.4 Å². The predicted octanol–water partition coefficient (Wildman–Crippen LogP) is 1.97. The zero-order valence-electron chi connectivity index (χ0n) is 14.6. The van der Waals surface area contributed by atoms with E-state index in [1.165, 1.54) is 37.1 Å². The molecule has 1 aromatic carbocycles. The molecular weight excluding hydrogens is 326 g/mol. The van der Waals surface area contributed by atoms with E-state index in [-0.39, 0.29) is 10.8 Å². The van der Waals surface area contributed by atoms with Crippen molar-refractivity contribution in [3.63, 3.8) is 0 Å². The van der Waals surface area contributed by atoms with Crippen LogP contribution in [0.1, 0.15) is 49.9 Å². The number of unbranched alkanes of at least 4 members (excludes halogenated alkanes) is 1. The van der Waals surface area contributed by atoms with Crippen molar-refractivity contribution in [1.29, 1.82) is 0 Å². The van der Waals surface area contributed by atoms with Crippen molar-refractivity contribution in [3.05, 3.63) is 29.8 Å². The highest BCUT2D eigenvalue weighted by atomic mass is 32.2. The van der Waals surface area contributed by atoms with Crippen LogP contribution in [-0.2, 0) is 10.0 Å². The lowest BCUT2D eigenvalue weighted by Gasteiger charge is -2.21. The largest absolute Gasteiger partial charge is 0.352 e. The number of sulfonamides is 1. The van der Waals surface area contributed by atoms with Gasteiger partial charge in [-0.05, 0) is 63.2 Å². The van der Waals surface area contributed by atoms with Crippen LogP contribution < -0.4 is 10.5 Å². The van der Waals surface area contributed by atoms with E-state index in [9.17, 15) is 13.2 Å². The first-order valence-corrected chi connectivity index (χ1v) is 10.1. The maximum Gasteiger partial charge on any atom is 0.251 e. The smallest absolute Gasteiger partial charge is 0.251 e. The van der Waals surface area contributed by atoms with E-state index < -0.39 is 10.0 Å². The minimum absolute atomic E-state index is 0.00480. The van der Waals surface area contributed by atoms with Gasteiger partial charge in [0, 0.05) is 12.1 Å². The molecule has 0 radical (unpaired) electrons. The van der Waals surface area contributed by atoms with Gasteiger partial charge in [-0.3, -0.25) is 4.79 Å². The normalized spacial score (nSPS) is 11.7. The van der Waals surface area contributed by atoms with Crippen LogP contribution in [0.25, 0.3) is 0 Å². The third kappa shape index (κ3) is 7.42. The Labute approximate surface area is 145 Å². The summed E-state index contributed by atoms with van der Waals surface area (Å²) < 4.78 is 22.4. The van der Waals surface area contributed by atoms with E-state index in [2.05, 4.69) is 24.1 Å². The maximum absolute atomic E-state index is 12.0. The summed E-state index contributed by atoms with van der Waals surface area (Å²) in [7, 11) is -3.73. The molecule has 1 rings (SSSR count). The van der Waals surface area contributed by atoms with Crippen molar-refractivity contribution in [2.75, 3.05) is 26.2 Å². The molecule has 0 unspecified atom stereocenters. The van der Waals surface area contributed by atoms with Crippen LogP contribution in [0, 0.1) is 0 Å². The van der Waals surface area contributed by atoms with Crippen molar-refractivity contribution < 1.29 is 13.2 Å². The molecule has 6 nitrogen and oxygen atoms in total. The summed E-state index contributed by atoms with van der Waals surface area (Å²) in [6, 6.07) is 5.63. The molecule has 1 aromatic rings. The zero-order valence-corrected chi connectivity index (χ0v) is 15.4. The highest BCUT2D eigenvalue weighted by molar-refractivity contribution is 7.89. The fourth-order valence-electron chi connectivity index (χ4n) is 2.44. The first-order chi connectivity index (χ1) is 11.4. The second-order valence-corrected chi connectivity index (χ2v) is 7.44. The molecule has 0 aromatic heterocycles. The molecule has 0 saturated heterocycles. The quantitative estimate of drug-likeness (QED) is 0.594. The molecular formula is C17H29N3O3S. The molecule has 0 aliphatic carbocycles. The molecule has 3 N–H and O–H groups in total. The molecule has 0 spiro atoms. The average molecular weight is 356 g/mol. The van der Waals surface area contributed by atoms with Gasteiger partial charge in [0.2, 0.25) is 10.0 Å². The van der Waals surface area contributed by atoms with Crippen LogP contribution in [-0.4, -0.2) is 45.4 Å². The summed E-state index contributed by atoms with van der Waals surface area (Å²) in [6.07, 6.45) is 4.41. The third-order valence-electron chi connectivity index (χ3n) is 3.75. The number of benzene rings is 1. The molecule has 0 fully saturated rings. The minimum Gasteiger partial charge on any atom is -0.352 e. The molecule has 0 atom stereocenters. The van der Waals surface area contributed by atoms with E-state index >= 15 is 0 Å². The van der Waals surface area contributed by atoms with Crippen LogP contribution in [0.15, 0.2) is 29.2 Å². The number of nitrogens with two attached hydrogens (primary N) is 1. The Hall–Kier alpha value is -1.44. The van der Waals surface area contributed by atoms with E-state index in [4.69, 9.17) is 5.14 Å². The zero-order chi connectivity index (χ0) is 18.0. The fraction of sp³-hybridized carbons (Fsp3) is 0.588. The number of nitrogens with one attached hydrogen (secondary N) is 1. The number of hydrogen-bond donors (Lipinski definition) is 2. The van der Waals surface area contributed by atoms with Gasteiger partial charge in [0.1, 0.15) is 0 Å². The van der Waals surface area contributed by atoms with E-state index in [0.717, 1.165) is 32.5 Å². The highest BCUT2D eigenvalue weighted by Gasteiger charge is 2.10. The first-order valence-electron chi connectivity index (χ1n) is 8.52. The van der Waals surface area contributed by atoms with E-state index in [1.54, 1.807) is 0 Å². The number of carbonyl (C=O) groups excluding carboxylic acids is 1. The topological polar surface area (TPSA) is 92.5 Å². The molecule has 1 amide bonds. The van der Waals surface area contributed by atoms with Crippen LogP contribution >= 0.6 is 0 Å². The summed E-state index contributed by atoms with van der Waals surface area (Å²) in [5.41, 5.74) is 0.429. The fourth-order valence-corrected chi connectivity index (χ4v) is 2.95. The van der Waals surface area contributed by atoms with Crippen LogP contribution in [0.2, 0.25) is 0 Å². The average Bonchev–Trinajstić information content (AvgIpc) is 2.55. The maximum atomic E-state index is 12.0. The lowest BCUT2D eigenvalue weighted by atomic mass is 10.2. The summed E-state index contributed by atoms with van der Waals surface area (Å²) in [4.78, 5) is 14.5. The van der Waals surface area contributed by atoms with Gasteiger partial charge in [0.05, 0.1) is 4.90 Å². The highest BCUT2D eigenvalue weighted by Crippen LogP contribution is 2.08. The first kappa shape index (κ1) is 20.6. The van der Waals surface area contributed by atoms with Gasteiger partial charge in [-0.15, -0.1) is 0 Å². The van der Waals surface area contributed by atoms with Gasteiger partial charge >= 0.3 is 0 Å². The monoisotopic (exact) mass is 355 g/mol. The number of nitrogens with zero attached hydrogens (tertiary/aromatic N) is 1. The van der Waals surface area contributed by atoms with Gasteiger partial charge < -0.3 is 10.2 Å². The molecule has 7 heteroatoms. The predicted molar refractivity (Wildman–Crippen MR) is 96.4 cm³/mol. The van der Waals surface area contributed by atoms with Crippen LogP contribution in [0.3, 0.4) is 0 Å². The molecule has 136 valence electrons. The Bertz CT molecular complexity index is 600. The van der Waals surface area contributed by atoms with Crippen molar-refractivity contribution in [2.24, 2.45) is 5.14 Å². The molecule has 24 heavy (non-hydrogen) atoms. The lowest BCUT2D eigenvalue weighted by Crippen LogP contribution is -2.31. The van der Waals surface area contributed by atoms with Crippen molar-refractivity contribution in [1.82, 2.24) is 10.2 Å².